The number of carbonyl (C=O) groups is 2. The topological polar surface area (TPSA) is 43.4 Å². The van der Waals surface area contributed by atoms with Gasteiger partial charge in [0.2, 0.25) is 0 Å². The predicted octanol–water partition coefficient (Wildman–Crippen LogP) is 2.92. The Morgan fingerprint density at radius 2 is 1.76 bits per heavy atom. The lowest BCUT2D eigenvalue weighted by molar-refractivity contribution is -0.188. The highest BCUT2D eigenvalue weighted by molar-refractivity contribution is 5.86. The smallest absolute Gasteiger partial charge is 0.310 e. The maximum Gasteiger partial charge on any atom is 0.310 e. The second kappa shape index (κ2) is 4.69. The van der Waals surface area contributed by atoms with Gasteiger partial charge in [-0.3, -0.25) is 9.59 Å². The third-order valence-electron chi connectivity index (χ3n) is 5.46. The van der Waals surface area contributed by atoms with E-state index in [9.17, 15) is 9.59 Å². The number of rotatable bonds is 3. The Labute approximate surface area is 124 Å². The number of hydrogen-bond acceptors (Lipinski definition) is 3. The Hall–Kier alpha value is -1.64. The number of benzene rings is 1. The summed E-state index contributed by atoms with van der Waals surface area (Å²) >= 11 is 0. The van der Waals surface area contributed by atoms with Crippen LogP contribution >= 0.6 is 0 Å². The van der Waals surface area contributed by atoms with Crippen molar-refractivity contribution in [2.75, 3.05) is 0 Å². The molecule has 0 aromatic heterocycles. The molecule has 3 heteroatoms. The summed E-state index contributed by atoms with van der Waals surface area (Å²) in [7, 11) is 0. The van der Waals surface area contributed by atoms with Crippen molar-refractivity contribution < 1.29 is 14.3 Å². The Bertz CT molecular complexity index is 559. The maximum atomic E-state index is 12.3. The fourth-order valence-corrected chi connectivity index (χ4v) is 4.84. The molecule has 3 nitrogen and oxygen atoms in total. The summed E-state index contributed by atoms with van der Waals surface area (Å²) in [5.74, 6) is 1.18. The molecule has 0 saturated heterocycles. The third-order valence-corrected chi connectivity index (χ3v) is 5.46. The summed E-state index contributed by atoms with van der Waals surface area (Å²) in [6.45, 7) is 0. The molecule has 1 aromatic rings. The first-order chi connectivity index (χ1) is 10.1. The largest absolute Gasteiger partial charge is 0.459 e. The molecular weight excluding hydrogens is 264 g/mol. The lowest BCUT2D eigenvalue weighted by Crippen LogP contribution is -2.56. The first-order valence-electron chi connectivity index (χ1n) is 7.93. The first kappa shape index (κ1) is 13.1. The van der Waals surface area contributed by atoms with Gasteiger partial charge in [-0.15, -0.1) is 0 Å². The van der Waals surface area contributed by atoms with Crippen LogP contribution in [0.25, 0.3) is 0 Å². The molecule has 4 aliphatic rings. The van der Waals surface area contributed by atoms with Crippen LogP contribution < -0.4 is 0 Å². The molecule has 0 N–H and O–H groups in total. The Morgan fingerprint density at radius 1 is 1.10 bits per heavy atom. The van der Waals surface area contributed by atoms with Crippen LogP contribution in [0.1, 0.15) is 37.7 Å². The van der Waals surface area contributed by atoms with E-state index >= 15 is 0 Å². The first-order valence-corrected chi connectivity index (χ1v) is 7.93. The van der Waals surface area contributed by atoms with Crippen LogP contribution in [0.3, 0.4) is 0 Å². The van der Waals surface area contributed by atoms with Gasteiger partial charge in [0.05, 0.1) is 6.42 Å². The van der Waals surface area contributed by atoms with Crippen LogP contribution in [0.5, 0.6) is 0 Å². The zero-order valence-electron chi connectivity index (χ0n) is 12.1. The highest BCUT2D eigenvalue weighted by atomic mass is 16.6. The number of Topliss-reactive ketones (excluding diaryl/α,β-unsaturated/α-hetero) is 1. The van der Waals surface area contributed by atoms with Gasteiger partial charge in [0.15, 0.2) is 0 Å². The minimum absolute atomic E-state index is 0.143. The highest BCUT2D eigenvalue weighted by Gasteiger charge is 2.57. The molecular formula is C18H20O3. The van der Waals surface area contributed by atoms with Crippen LogP contribution in [0, 0.1) is 17.8 Å². The molecule has 0 radical (unpaired) electrons. The summed E-state index contributed by atoms with van der Waals surface area (Å²) in [6.07, 6.45) is 4.86. The maximum absolute atomic E-state index is 12.3. The van der Waals surface area contributed by atoms with Crippen LogP contribution in [0.15, 0.2) is 30.3 Å². The van der Waals surface area contributed by atoms with Crippen LogP contribution in [-0.2, 0) is 20.7 Å². The van der Waals surface area contributed by atoms with Crippen molar-refractivity contribution in [1.29, 1.82) is 0 Å². The quantitative estimate of drug-likeness (QED) is 0.802. The Balaban J connectivity index is 1.47. The number of ether oxygens (including phenoxy) is 1. The Kier molecular flexibility index (Phi) is 2.91. The molecule has 110 valence electrons. The van der Waals surface area contributed by atoms with Crippen molar-refractivity contribution in [3.8, 4) is 0 Å². The van der Waals surface area contributed by atoms with Crippen molar-refractivity contribution in [1.82, 2.24) is 0 Å². The van der Waals surface area contributed by atoms with Crippen LogP contribution in [0.4, 0.5) is 0 Å². The molecule has 4 fully saturated rings. The molecule has 4 saturated carbocycles. The predicted molar refractivity (Wildman–Crippen MR) is 77.5 cm³/mol. The zero-order valence-corrected chi connectivity index (χ0v) is 12.1. The molecule has 0 spiro atoms. The fourth-order valence-electron chi connectivity index (χ4n) is 4.84. The zero-order chi connectivity index (χ0) is 14.4. The average Bonchev–Trinajstić information content (AvgIpc) is 2.44. The van der Waals surface area contributed by atoms with Gasteiger partial charge in [0.1, 0.15) is 11.4 Å². The van der Waals surface area contributed by atoms with Crippen LogP contribution in [0.2, 0.25) is 0 Å². The van der Waals surface area contributed by atoms with Crippen molar-refractivity contribution in [3.05, 3.63) is 35.9 Å². The van der Waals surface area contributed by atoms with Gasteiger partial charge in [0, 0.05) is 11.8 Å². The Morgan fingerprint density at radius 3 is 2.43 bits per heavy atom. The fraction of sp³-hybridized carbons (Fsp3) is 0.556. The van der Waals surface area contributed by atoms with Crippen molar-refractivity contribution in [3.63, 3.8) is 0 Å². The van der Waals surface area contributed by atoms with E-state index in [4.69, 9.17) is 4.74 Å². The number of ketones is 1. The van der Waals surface area contributed by atoms with Gasteiger partial charge >= 0.3 is 5.97 Å². The van der Waals surface area contributed by atoms with E-state index in [-0.39, 0.29) is 23.4 Å². The lowest BCUT2D eigenvalue weighted by atomic mass is 9.53. The van der Waals surface area contributed by atoms with Gasteiger partial charge in [-0.05, 0) is 43.6 Å². The minimum Gasteiger partial charge on any atom is -0.459 e. The minimum atomic E-state index is -0.337. The normalized spacial score (nSPS) is 36.8. The second-order valence-electron chi connectivity index (χ2n) is 7.07. The summed E-state index contributed by atoms with van der Waals surface area (Å²) in [6, 6.07) is 9.71. The second-order valence-corrected chi connectivity index (χ2v) is 7.07. The average molecular weight is 284 g/mol. The van der Waals surface area contributed by atoms with Crippen molar-refractivity contribution >= 4 is 11.8 Å². The van der Waals surface area contributed by atoms with E-state index < -0.39 is 0 Å². The molecule has 1 aromatic carbocycles. The number of carbonyl (C=O) groups excluding carboxylic acids is 2. The summed E-state index contributed by atoms with van der Waals surface area (Å²) in [5, 5.41) is 0. The van der Waals surface area contributed by atoms with Crippen molar-refractivity contribution in [2.45, 2.75) is 44.1 Å². The molecule has 5 rings (SSSR count). The van der Waals surface area contributed by atoms with E-state index in [0.29, 0.717) is 18.1 Å². The molecule has 0 amide bonds. The van der Waals surface area contributed by atoms with Gasteiger partial charge in [0.25, 0.3) is 0 Å². The summed E-state index contributed by atoms with van der Waals surface area (Å²) in [5.41, 5.74) is 0.652. The van der Waals surface area contributed by atoms with Crippen LogP contribution in [-0.4, -0.2) is 17.4 Å². The molecule has 4 aliphatic carbocycles. The standard InChI is InChI=1S/C18H20O3/c19-16(8-12-4-2-1-3-5-12)21-18-9-13-6-14(10-18)17(20)15(7-13)11-18/h1-5,13-15H,6-11H2. The van der Waals surface area contributed by atoms with Gasteiger partial charge in [-0.1, -0.05) is 30.3 Å². The van der Waals surface area contributed by atoms with E-state index in [0.717, 1.165) is 37.7 Å². The van der Waals surface area contributed by atoms with E-state index in [1.807, 2.05) is 30.3 Å². The number of hydrogen-bond donors (Lipinski definition) is 0. The molecule has 21 heavy (non-hydrogen) atoms. The highest BCUT2D eigenvalue weighted by Crippen LogP contribution is 2.55. The van der Waals surface area contributed by atoms with Crippen molar-refractivity contribution in [2.24, 2.45) is 17.8 Å². The monoisotopic (exact) mass is 284 g/mol. The summed E-state index contributed by atoms with van der Waals surface area (Å²) in [4.78, 5) is 24.4. The molecule has 4 bridgehead atoms. The van der Waals surface area contributed by atoms with E-state index in [1.54, 1.807) is 0 Å². The SMILES string of the molecule is O=C(Cc1ccccc1)OC12CC3CC(C1)C(=O)C(C3)C2. The lowest BCUT2D eigenvalue weighted by Gasteiger charge is -2.54. The molecule has 0 heterocycles. The summed E-state index contributed by atoms with van der Waals surface area (Å²) < 4.78 is 5.91. The number of esters is 1. The van der Waals surface area contributed by atoms with E-state index in [1.165, 1.54) is 0 Å². The molecule has 2 unspecified atom stereocenters. The van der Waals surface area contributed by atoms with Gasteiger partial charge in [-0.25, -0.2) is 0 Å². The van der Waals surface area contributed by atoms with Gasteiger partial charge < -0.3 is 4.74 Å². The molecule has 0 aliphatic heterocycles. The third kappa shape index (κ3) is 2.29. The van der Waals surface area contributed by atoms with E-state index in [2.05, 4.69) is 0 Å². The van der Waals surface area contributed by atoms with Gasteiger partial charge in [-0.2, -0.15) is 0 Å². The molecule has 2 atom stereocenters.